The molecule has 0 radical (unpaired) electrons. The molecule has 0 aliphatic rings. The van der Waals surface area contributed by atoms with E-state index in [-0.39, 0.29) is 19.6 Å². The van der Waals surface area contributed by atoms with Gasteiger partial charge < -0.3 is 14.4 Å². The van der Waals surface area contributed by atoms with Crippen molar-refractivity contribution in [1.29, 1.82) is 0 Å². The molecule has 1 amide bonds. The van der Waals surface area contributed by atoms with Crippen molar-refractivity contribution >= 4 is 23.9 Å². The normalized spacial score (nSPS) is 9.61. The van der Waals surface area contributed by atoms with Crippen LogP contribution < -0.4 is 4.90 Å². The summed E-state index contributed by atoms with van der Waals surface area (Å²) in [7, 11) is 0. The number of esters is 1. The van der Waals surface area contributed by atoms with Crippen LogP contribution in [0.25, 0.3) is 0 Å². The summed E-state index contributed by atoms with van der Waals surface area (Å²) in [5, 5.41) is 0. The molecule has 0 spiro atoms. The summed E-state index contributed by atoms with van der Waals surface area (Å²) >= 11 is 0. The maximum atomic E-state index is 11.8. The van der Waals surface area contributed by atoms with Crippen LogP contribution in [0.3, 0.4) is 0 Å². The molecule has 0 aromatic heterocycles. The van der Waals surface area contributed by atoms with Crippen LogP contribution in [0.1, 0.15) is 13.3 Å². The Kier molecular flexibility index (Phi) is 5.57. The van der Waals surface area contributed by atoms with Gasteiger partial charge in [0.1, 0.15) is 12.8 Å². The number of benzene rings is 1. The van der Waals surface area contributed by atoms with E-state index < -0.39 is 11.9 Å². The van der Waals surface area contributed by atoms with E-state index in [9.17, 15) is 14.4 Å². The summed E-state index contributed by atoms with van der Waals surface area (Å²) < 4.78 is 4.80. The number of nitrogens with zero attached hydrogens (tertiary/aromatic N) is 1. The third kappa shape index (κ3) is 4.01. The molecule has 0 heterocycles. The van der Waals surface area contributed by atoms with Gasteiger partial charge >= 0.3 is 5.97 Å². The van der Waals surface area contributed by atoms with E-state index in [1.54, 1.807) is 37.3 Å². The van der Waals surface area contributed by atoms with Crippen molar-refractivity contribution in [1.82, 2.24) is 0 Å². The standard InChI is InChI=1S/C13H15NO4/c1-2-18-13(17)10-14(12(16)8-9-15)11-6-4-3-5-7-11/h3-7,9H,2,8,10H2,1H3. The second kappa shape index (κ2) is 7.21. The van der Waals surface area contributed by atoms with Gasteiger partial charge in [0.25, 0.3) is 0 Å². The van der Waals surface area contributed by atoms with Gasteiger partial charge in [-0.1, -0.05) is 18.2 Å². The Morgan fingerprint density at radius 2 is 1.94 bits per heavy atom. The monoisotopic (exact) mass is 249 g/mol. The van der Waals surface area contributed by atoms with Gasteiger partial charge in [-0.3, -0.25) is 9.59 Å². The fourth-order valence-electron chi connectivity index (χ4n) is 1.45. The minimum atomic E-state index is -0.499. The van der Waals surface area contributed by atoms with E-state index in [0.717, 1.165) is 0 Å². The van der Waals surface area contributed by atoms with Crippen molar-refractivity contribution in [3.63, 3.8) is 0 Å². The van der Waals surface area contributed by atoms with Crippen LogP contribution in [0.5, 0.6) is 0 Å². The zero-order valence-electron chi connectivity index (χ0n) is 10.2. The molecule has 0 saturated carbocycles. The zero-order chi connectivity index (χ0) is 13.4. The highest BCUT2D eigenvalue weighted by Crippen LogP contribution is 2.14. The lowest BCUT2D eigenvalue weighted by molar-refractivity contribution is -0.142. The highest BCUT2D eigenvalue weighted by molar-refractivity contribution is 6.02. The molecule has 0 saturated heterocycles. The van der Waals surface area contributed by atoms with E-state index in [1.165, 1.54) is 4.90 Å². The molecule has 0 atom stereocenters. The van der Waals surface area contributed by atoms with Crippen molar-refractivity contribution in [3.8, 4) is 0 Å². The van der Waals surface area contributed by atoms with E-state index in [2.05, 4.69) is 0 Å². The maximum absolute atomic E-state index is 11.8. The van der Waals surface area contributed by atoms with Crippen molar-refractivity contribution < 1.29 is 19.1 Å². The molecule has 0 bridgehead atoms. The molecule has 96 valence electrons. The number of hydrogen-bond acceptors (Lipinski definition) is 4. The van der Waals surface area contributed by atoms with Crippen LogP contribution in [0.15, 0.2) is 30.3 Å². The Hall–Kier alpha value is -2.17. The van der Waals surface area contributed by atoms with Crippen molar-refractivity contribution in [3.05, 3.63) is 30.3 Å². The zero-order valence-corrected chi connectivity index (χ0v) is 10.2. The number of ether oxygens (including phenoxy) is 1. The summed E-state index contributed by atoms with van der Waals surface area (Å²) in [6.45, 7) is 1.76. The third-order valence-corrected chi connectivity index (χ3v) is 2.22. The highest BCUT2D eigenvalue weighted by Gasteiger charge is 2.18. The van der Waals surface area contributed by atoms with Gasteiger partial charge in [-0.25, -0.2) is 0 Å². The first-order valence-corrected chi connectivity index (χ1v) is 5.63. The fourth-order valence-corrected chi connectivity index (χ4v) is 1.45. The molecule has 0 N–H and O–H groups in total. The van der Waals surface area contributed by atoms with Gasteiger partial charge in [0.15, 0.2) is 0 Å². The van der Waals surface area contributed by atoms with Crippen LogP contribution in [0.4, 0.5) is 5.69 Å². The summed E-state index contributed by atoms with van der Waals surface area (Å²) in [5.74, 6) is -0.926. The summed E-state index contributed by atoms with van der Waals surface area (Å²) in [6, 6.07) is 8.70. The molecule has 0 aliphatic heterocycles. The van der Waals surface area contributed by atoms with Gasteiger partial charge in [0, 0.05) is 5.69 Å². The van der Waals surface area contributed by atoms with E-state index in [1.807, 2.05) is 0 Å². The second-order valence-corrected chi connectivity index (χ2v) is 3.49. The van der Waals surface area contributed by atoms with Crippen LogP contribution >= 0.6 is 0 Å². The minimum Gasteiger partial charge on any atom is -0.465 e. The molecule has 0 unspecified atom stereocenters. The van der Waals surface area contributed by atoms with Gasteiger partial charge in [0.05, 0.1) is 13.0 Å². The number of carbonyl (C=O) groups excluding carboxylic acids is 3. The van der Waals surface area contributed by atoms with Crippen molar-refractivity contribution in [2.75, 3.05) is 18.1 Å². The Bertz CT molecular complexity index is 416. The quantitative estimate of drug-likeness (QED) is 0.431. The molecule has 1 aromatic rings. The van der Waals surface area contributed by atoms with Crippen LogP contribution in [-0.4, -0.2) is 31.3 Å². The largest absolute Gasteiger partial charge is 0.465 e. The maximum Gasteiger partial charge on any atom is 0.326 e. The number of anilines is 1. The second-order valence-electron chi connectivity index (χ2n) is 3.49. The Labute approximate surface area is 105 Å². The summed E-state index contributed by atoms with van der Waals surface area (Å²) in [5.41, 5.74) is 0.567. The average molecular weight is 249 g/mol. The van der Waals surface area contributed by atoms with Crippen molar-refractivity contribution in [2.45, 2.75) is 13.3 Å². The van der Waals surface area contributed by atoms with Crippen LogP contribution in [0.2, 0.25) is 0 Å². The van der Waals surface area contributed by atoms with E-state index in [0.29, 0.717) is 12.0 Å². The number of hydrogen-bond donors (Lipinski definition) is 0. The predicted molar refractivity (Wildman–Crippen MR) is 66.1 cm³/mol. The minimum absolute atomic E-state index is 0.190. The molecular formula is C13H15NO4. The number of amides is 1. The lowest BCUT2D eigenvalue weighted by Gasteiger charge is -2.20. The van der Waals surface area contributed by atoms with E-state index in [4.69, 9.17) is 4.74 Å². The molecule has 5 heteroatoms. The predicted octanol–water partition coefficient (Wildman–Crippen LogP) is 1.17. The van der Waals surface area contributed by atoms with Crippen LogP contribution in [0, 0.1) is 0 Å². The number of rotatable bonds is 6. The Morgan fingerprint density at radius 3 is 2.50 bits per heavy atom. The molecule has 1 rings (SSSR count). The van der Waals surface area contributed by atoms with Crippen LogP contribution in [-0.2, 0) is 19.1 Å². The van der Waals surface area contributed by atoms with Gasteiger partial charge in [-0.05, 0) is 19.1 Å². The van der Waals surface area contributed by atoms with Gasteiger partial charge in [0.2, 0.25) is 5.91 Å². The molecule has 18 heavy (non-hydrogen) atoms. The summed E-state index contributed by atoms with van der Waals surface area (Å²) in [6.07, 6.45) is 0.262. The first-order chi connectivity index (χ1) is 8.69. The molecule has 0 aliphatic carbocycles. The Morgan fingerprint density at radius 1 is 1.28 bits per heavy atom. The SMILES string of the molecule is CCOC(=O)CN(C(=O)CC=O)c1ccccc1. The third-order valence-electron chi connectivity index (χ3n) is 2.22. The lowest BCUT2D eigenvalue weighted by atomic mass is 10.2. The van der Waals surface area contributed by atoms with Gasteiger partial charge in [-0.2, -0.15) is 0 Å². The molecule has 5 nitrogen and oxygen atoms in total. The topological polar surface area (TPSA) is 63.7 Å². The van der Waals surface area contributed by atoms with E-state index >= 15 is 0 Å². The number of para-hydroxylation sites is 1. The fraction of sp³-hybridized carbons (Fsp3) is 0.308. The van der Waals surface area contributed by atoms with Gasteiger partial charge in [-0.15, -0.1) is 0 Å². The highest BCUT2D eigenvalue weighted by atomic mass is 16.5. The molecular weight excluding hydrogens is 234 g/mol. The summed E-state index contributed by atoms with van der Waals surface area (Å²) in [4.78, 5) is 34.8. The first kappa shape index (κ1) is 13.9. The first-order valence-electron chi connectivity index (χ1n) is 5.63. The molecule has 0 fully saturated rings. The smallest absolute Gasteiger partial charge is 0.326 e. The Balaban J connectivity index is 2.85. The molecule has 1 aromatic carbocycles. The number of aldehydes is 1. The van der Waals surface area contributed by atoms with Crippen molar-refractivity contribution in [2.24, 2.45) is 0 Å². The average Bonchev–Trinajstić information content (AvgIpc) is 2.37. The lowest BCUT2D eigenvalue weighted by Crippen LogP contribution is -2.36. The number of carbonyl (C=O) groups is 3.